The predicted molar refractivity (Wildman–Crippen MR) is 80.9 cm³/mol. The largest absolute Gasteiger partial charge is 0.392 e. The van der Waals surface area contributed by atoms with Crippen LogP contribution >= 0.6 is 0 Å². The van der Waals surface area contributed by atoms with E-state index in [4.69, 9.17) is 0 Å². The lowest BCUT2D eigenvalue weighted by Gasteiger charge is -2.26. The van der Waals surface area contributed by atoms with Gasteiger partial charge in [-0.05, 0) is 31.9 Å². The van der Waals surface area contributed by atoms with Crippen LogP contribution in [0.15, 0.2) is 29.2 Å². The number of aliphatic hydroxyl groups excluding tert-OH is 1. The molecule has 0 saturated carbocycles. The van der Waals surface area contributed by atoms with Gasteiger partial charge in [0.2, 0.25) is 10.0 Å². The molecule has 0 unspecified atom stereocenters. The number of nitrogens with zero attached hydrogens (tertiary/aromatic N) is 1. The molecule has 1 rings (SSSR count). The van der Waals surface area contributed by atoms with Gasteiger partial charge in [-0.25, -0.2) is 8.42 Å². The average molecular weight is 299 g/mol. The first kappa shape index (κ1) is 17.1. The van der Waals surface area contributed by atoms with Gasteiger partial charge in [-0.15, -0.1) is 0 Å². The second kappa shape index (κ2) is 7.76. The zero-order valence-corrected chi connectivity index (χ0v) is 13.4. The van der Waals surface area contributed by atoms with Crippen molar-refractivity contribution < 1.29 is 13.5 Å². The highest BCUT2D eigenvalue weighted by Crippen LogP contribution is 2.22. The SMILES string of the molecule is CCCCCN(C(C)C)S(=O)(=O)c1ccccc1CO. The van der Waals surface area contributed by atoms with Crippen LogP contribution in [-0.4, -0.2) is 30.4 Å². The van der Waals surface area contributed by atoms with Crippen LogP contribution in [0.5, 0.6) is 0 Å². The van der Waals surface area contributed by atoms with E-state index >= 15 is 0 Å². The van der Waals surface area contributed by atoms with Gasteiger partial charge in [0.1, 0.15) is 0 Å². The molecule has 1 aromatic rings. The van der Waals surface area contributed by atoms with Crippen LogP contribution in [0.4, 0.5) is 0 Å². The van der Waals surface area contributed by atoms with E-state index in [-0.39, 0.29) is 17.5 Å². The highest BCUT2D eigenvalue weighted by molar-refractivity contribution is 7.89. The summed E-state index contributed by atoms with van der Waals surface area (Å²) >= 11 is 0. The Kier molecular flexibility index (Phi) is 6.65. The molecule has 0 spiro atoms. The van der Waals surface area contributed by atoms with Crippen molar-refractivity contribution in [3.63, 3.8) is 0 Å². The van der Waals surface area contributed by atoms with Crippen molar-refractivity contribution in [1.29, 1.82) is 0 Å². The quantitative estimate of drug-likeness (QED) is 0.751. The summed E-state index contributed by atoms with van der Waals surface area (Å²) in [5.41, 5.74) is 0.452. The molecule has 0 amide bonds. The van der Waals surface area contributed by atoms with Crippen molar-refractivity contribution in [2.75, 3.05) is 6.54 Å². The molecule has 0 saturated heterocycles. The van der Waals surface area contributed by atoms with Crippen LogP contribution < -0.4 is 0 Å². The number of hydrogen-bond donors (Lipinski definition) is 1. The predicted octanol–water partition coefficient (Wildman–Crippen LogP) is 2.77. The molecule has 20 heavy (non-hydrogen) atoms. The number of rotatable bonds is 8. The van der Waals surface area contributed by atoms with Gasteiger partial charge in [0.25, 0.3) is 0 Å². The van der Waals surface area contributed by atoms with Gasteiger partial charge < -0.3 is 5.11 Å². The first-order valence-corrected chi connectivity index (χ1v) is 8.59. The molecule has 1 aromatic carbocycles. The maximum Gasteiger partial charge on any atom is 0.243 e. The third-order valence-electron chi connectivity index (χ3n) is 3.29. The van der Waals surface area contributed by atoms with Crippen LogP contribution in [0.25, 0.3) is 0 Å². The Hall–Kier alpha value is -0.910. The van der Waals surface area contributed by atoms with Crippen molar-refractivity contribution in [1.82, 2.24) is 4.31 Å². The van der Waals surface area contributed by atoms with Gasteiger partial charge in [-0.2, -0.15) is 4.31 Å². The molecule has 0 radical (unpaired) electrons. The van der Waals surface area contributed by atoms with Crippen LogP contribution in [0.2, 0.25) is 0 Å². The molecule has 1 N–H and O–H groups in total. The summed E-state index contributed by atoms with van der Waals surface area (Å²) in [7, 11) is -3.55. The number of unbranched alkanes of at least 4 members (excludes halogenated alkanes) is 2. The maximum atomic E-state index is 12.8. The van der Waals surface area contributed by atoms with Crippen LogP contribution in [0.1, 0.15) is 45.6 Å². The molecule has 0 aliphatic heterocycles. The summed E-state index contributed by atoms with van der Waals surface area (Å²) in [6.07, 6.45) is 2.93. The highest BCUT2D eigenvalue weighted by atomic mass is 32.2. The van der Waals surface area contributed by atoms with E-state index in [1.165, 1.54) is 4.31 Å². The van der Waals surface area contributed by atoms with E-state index in [0.717, 1.165) is 19.3 Å². The van der Waals surface area contributed by atoms with Gasteiger partial charge in [-0.3, -0.25) is 0 Å². The van der Waals surface area contributed by atoms with Crippen LogP contribution in [0.3, 0.4) is 0 Å². The van der Waals surface area contributed by atoms with Gasteiger partial charge in [0.05, 0.1) is 11.5 Å². The molecular formula is C15H25NO3S. The summed E-state index contributed by atoms with van der Waals surface area (Å²) in [6, 6.07) is 6.55. The van der Waals surface area contributed by atoms with E-state index in [9.17, 15) is 13.5 Å². The van der Waals surface area contributed by atoms with E-state index in [1.807, 2.05) is 13.8 Å². The fraction of sp³-hybridized carbons (Fsp3) is 0.600. The Balaban J connectivity index is 3.09. The lowest BCUT2D eigenvalue weighted by molar-refractivity contribution is 0.277. The van der Waals surface area contributed by atoms with E-state index < -0.39 is 10.0 Å². The second-order valence-corrected chi connectivity index (χ2v) is 7.04. The van der Waals surface area contributed by atoms with Gasteiger partial charge in [-0.1, -0.05) is 38.0 Å². The minimum absolute atomic E-state index is 0.0939. The van der Waals surface area contributed by atoms with E-state index in [0.29, 0.717) is 12.1 Å². The van der Waals surface area contributed by atoms with Crippen molar-refractivity contribution in [2.45, 2.75) is 57.6 Å². The summed E-state index contributed by atoms with van der Waals surface area (Å²) in [6.45, 7) is 6.11. The Morgan fingerprint density at radius 1 is 1.20 bits per heavy atom. The molecule has 0 aromatic heterocycles. The molecule has 0 aliphatic carbocycles. The standard InChI is InChI=1S/C15H25NO3S/c1-4-5-8-11-16(13(2)3)20(18,19)15-10-7-6-9-14(15)12-17/h6-7,9-10,13,17H,4-5,8,11-12H2,1-3H3. The second-order valence-electron chi connectivity index (χ2n) is 5.18. The maximum absolute atomic E-state index is 12.8. The number of aliphatic hydroxyl groups is 1. The third kappa shape index (κ3) is 4.04. The fourth-order valence-electron chi connectivity index (χ4n) is 2.19. The monoisotopic (exact) mass is 299 g/mol. The molecule has 4 nitrogen and oxygen atoms in total. The molecule has 0 aliphatic rings. The topological polar surface area (TPSA) is 57.6 Å². The number of hydrogen-bond acceptors (Lipinski definition) is 3. The van der Waals surface area contributed by atoms with Gasteiger partial charge >= 0.3 is 0 Å². The van der Waals surface area contributed by atoms with Crippen LogP contribution in [-0.2, 0) is 16.6 Å². The van der Waals surface area contributed by atoms with Crippen molar-refractivity contribution in [3.05, 3.63) is 29.8 Å². The van der Waals surface area contributed by atoms with Crippen molar-refractivity contribution in [3.8, 4) is 0 Å². The summed E-state index contributed by atoms with van der Waals surface area (Å²) < 4.78 is 27.1. The Bertz CT molecular complexity index is 512. The van der Waals surface area contributed by atoms with Gasteiger partial charge in [0, 0.05) is 12.6 Å². The lowest BCUT2D eigenvalue weighted by Crippen LogP contribution is -2.38. The summed E-state index contributed by atoms with van der Waals surface area (Å²) in [4.78, 5) is 0.215. The molecule has 0 atom stereocenters. The van der Waals surface area contributed by atoms with Crippen molar-refractivity contribution >= 4 is 10.0 Å². The van der Waals surface area contributed by atoms with Crippen molar-refractivity contribution in [2.24, 2.45) is 0 Å². The smallest absolute Gasteiger partial charge is 0.243 e. The number of benzene rings is 1. The normalized spacial score (nSPS) is 12.3. The summed E-state index contributed by atoms with van der Waals surface area (Å²) in [5, 5.41) is 9.33. The highest BCUT2D eigenvalue weighted by Gasteiger charge is 2.28. The Morgan fingerprint density at radius 2 is 1.85 bits per heavy atom. The van der Waals surface area contributed by atoms with Gasteiger partial charge in [0.15, 0.2) is 0 Å². The molecule has 0 fully saturated rings. The average Bonchev–Trinajstić information content (AvgIpc) is 2.42. The van der Waals surface area contributed by atoms with Crippen LogP contribution in [0, 0.1) is 0 Å². The molecule has 0 bridgehead atoms. The minimum Gasteiger partial charge on any atom is -0.392 e. The lowest BCUT2D eigenvalue weighted by atomic mass is 10.2. The Labute approximate surface area is 122 Å². The zero-order chi connectivity index (χ0) is 15.2. The molecular weight excluding hydrogens is 274 g/mol. The van der Waals surface area contributed by atoms with E-state index in [2.05, 4.69) is 6.92 Å². The first-order valence-electron chi connectivity index (χ1n) is 7.15. The number of sulfonamides is 1. The third-order valence-corrected chi connectivity index (χ3v) is 5.46. The minimum atomic E-state index is -3.55. The zero-order valence-electron chi connectivity index (χ0n) is 12.5. The molecule has 5 heteroatoms. The molecule has 114 valence electrons. The van der Waals surface area contributed by atoms with E-state index in [1.54, 1.807) is 24.3 Å². The fourth-order valence-corrected chi connectivity index (χ4v) is 4.08. The molecule has 0 heterocycles. The first-order chi connectivity index (χ1) is 9.45. The Morgan fingerprint density at radius 3 is 2.40 bits per heavy atom. The summed E-state index contributed by atoms with van der Waals surface area (Å²) in [5.74, 6) is 0.